The Kier molecular flexibility index (Phi) is 7.87. The van der Waals surface area contributed by atoms with Crippen LogP contribution < -0.4 is 10.2 Å². The molecule has 0 heterocycles. The third kappa shape index (κ3) is 6.04. The van der Waals surface area contributed by atoms with Gasteiger partial charge >= 0.3 is 11.7 Å². The summed E-state index contributed by atoms with van der Waals surface area (Å²) in [4.78, 5) is 45.6. The number of nitro groups is 2. The van der Waals surface area contributed by atoms with Gasteiger partial charge in [-0.3, -0.25) is 29.8 Å². The molecule has 1 N–H and O–H groups in total. The third-order valence-corrected chi connectivity index (χ3v) is 4.22. The largest absolute Gasteiger partial charge is 0.468 e. The third-order valence-electron chi connectivity index (χ3n) is 4.22. The summed E-state index contributed by atoms with van der Waals surface area (Å²) in [6.07, 6.45) is 0. The van der Waals surface area contributed by atoms with Crippen LogP contribution in [0.3, 0.4) is 0 Å². The molecular formula is C19H20N6O7. The molecule has 0 bridgehead atoms. The first kappa shape index (κ1) is 23.9. The van der Waals surface area contributed by atoms with Crippen molar-refractivity contribution >= 4 is 46.0 Å². The van der Waals surface area contributed by atoms with Crippen LogP contribution in [0.15, 0.2) is 46.6 Å². The summed E-state index contributed by atoms with van der Waals surface area (Å²) in [6, 6.07) is 7.70. The van der Waals surface area contributed by atoms with Crippen LogP contribution in [-0.4, -0.2) is 41.9 Å². The Morgan fingerprint density at radius 2 is 1.72 bits per heavy atom. The van der Waals surface area contributed by atoms with E-state index in [9.17, 15) is 29.8 Å². The average molecular weight is 444 g/mol. The van der Waals surface area contributed by atoms with Crippen molar-refractivity contribution in [3.05, 3.63) is 56.6 Å². The number of methoxy groups -OCH3 is 1. The molecule has 13 nitrogen and oxygen atoms in total. The van der Waals surface area contributed by atoms with E-state index in [1.54, 1.807) is 17.0 Å². The maximum Gasteiger partial charge on any atom is 0.325 e. The van der Waals surface area contributed by atoms with Crippen LogP contribution in [0.4, 0.5) is 34.1 Å². The van der Waals surface area contributed by atoms with Gasteiger partial charge in [0, 0.05) is 25.2 Å². The monoisotopic (exact) mass is 444 g/mol. The Hall–Kier alpha value is -4.42. The van der Waals surface area contributed by atoms with E-state index in [1.807, 2.05) is 6.92 Å². The number of ether oxygens (including phenoxy) is 1. The van der Waals surface area contributed by atoms with Crippen molar-refractivity contribution < 1.29 is 24.2 Å². The lowest BCUT2D eigenvalue weighted by Gasteiger charge is -2.22. The number of azo groups is 1. The molecule has 0 fully saturated rings. The predicted octanol–water partition coefficient (Wildman–Crippen LogP) is 3.88. The molecule has 1 amide bonds. The highest BCUT2D eigenvalue weighted by Gasteiger charge is 2.20. The van der Waals surface area contributed by atoms with E-state index in [0.717, 1.165) is 18.2 Å². The number of benzene rings is 2. The number of amides is 1. The zero-order valence-corrected chi connectivity index (χ0v) is 17.5. The van der Waals surface area contributed by atoms with Gasteiger partial charge in [0.05, 0.1) is 28.7 Å². The van der Waals surface area contributed by atoms with E-state index in [2.05, 4.69) is 20.3 Å². The Bertz CT molecular complexity index is 1090. The molecule has 0 saturated heterocycles. The Balaban J connectivity index is 2.45. The van der Waals surface area contributed by atoms with Crippen molar-refractivity contribution in [3.63, 3.8) is 0 Å². The lowest BCUT2D eigenvalue weighted by molar-refractivity contribution is -0.393. The minimum Gasteiger partial charge on any atom is -0.468 e. The van der Waals surface area contributed by atoms with Crippen molar-refractivity contribution in [2.75, 3.05) is 30.4 Å². The second kappa shape index (κ2) is 10.6. The number of hydrogen-bond acceptors (Lipinski definition) is 10. The number of carbonyl (C=O) groups excluding carboxylic acids is 2. The fourth-order valence-corrected chi connectivity index (χ4v) is 2.67. The normalized spacial score (nSPS) is 10.6. The summed E-state index contributed by atoms with van der Waals surface area (Å²) in [5.74, 6) is -0.835. The molecule has 0 aliphatic carbocycles. The molecule has 32 heavy (non-hydrogen) atoms. The van der Waals surface area contributed by atoms with E-state index in [-0.39, 0.29) is 23.6 Å². The fourth-order valence-electron chi connectivity index (χ4n) is 2.67. The summed E-state index contributed by atoms with van der Waals surface area (Å²) < 4.78 is 4.68. The van der Waals surface area contributed by atoms with Crippen molar-refractivity contribution in [2.24, 2.45) is 10.2 Å². The van der Waals surface area contributed by atoms with Gasteiger partial charge in [0.25, 0.3) is 5.69 Å². The summed E-state index contributed by atoms with van der Waals surface area (Å²) in [5.41, 5.74) is -0.196. The molecule has 0 radical (unpaired) electrons. The fraction of sp³-hybridized carbons (Fsp3) is 0.263. The highest BCUT2D eigenvalue weighted by Crippen LogP contribution is 2.35. The van der Waals surface area contributed by atoms with Crippen LogP contribution in [0.2, 0.25) is 0 Å². The number of likely N-dealkylation sites (N-methyl/N-ethyl adjacent to an activating group) is 1. The van der Waals surface area contributed by atoms with Crippen molar-refractivity contribution in [1.82, 2.24) is 0 Å². The van der Waals surface area contributed by atoms with Crippen LogP contribution in [-0.2, 0) is 14.3 Å². The van der Waals surface area contributed by atoms with Gasteiger partial charge in [-0.2, -0.15) is 0 Å². The van der Waals surface area contributed by atoms with E-state index in [1.165, 1.54) is 20.1 Å². The molecule has 0 unspecified atom stereocenters. The first-order valence-corrected chi connectivity index (χ1v) is 9.24. The molecule has 0 atom stereocenters. The summed E-state index contributed by atoms with van der Waals surface area (Å²) in [7, 11) is 1.28. The van der Waals surface area contributed by atoms with Crippen LogP contribution in [0.1, 0.15) is 13.8 Å². The van der Waals surface area contributed by atoms with Gasteiger partial charge in [0.1, 0.15) is 12.2 Å². The summed E-state index contributed by atoms with van der Waals surface area (Å²) >= 11 is 0. The SMILES string of the molecule is CCN(CC(=O)OC)c1ccc(N=Nc2ccc([N+](=O)[O-])cc2[N+](=O)[O-])c(NC(C)=O)c1. The van der Waals surface area contributed by atoms with Gasteiger partial charge < -0.3 is 15.0 Å². The topological polar surface area (TPSA) is 170 Å². The van der Waals surface area contributed by atoms with E-state index >= 15 is 0 Å². The minimum atomic E-state index is -0.800. The number of nitro benzene ring substituents is 2. The molecule has 0 aromatic heterocycles. The standard InChI is InChI=1S/C19H20N6O7/c1-4-23(11-19(27)32-3)13-5-7-15(17(9-13)20-12(2)26)21-22-16-8-6-14(24(28)29)10-18(16)25(30)31/h5-10H,4,11H2,1-3H3,(H,20,26). The summed E-state index contributed by atoms with van der Waals surface area (Å²) in [6.45, 7) is 3.59. The second-order valence-corrected chi connectivity index (χ2v) is 6.36. The smallest absolute Gasteiger partial charge is 0.325 e. The van der Waals surface area contributed by atoms with Crippen LogP contribution in [0.25, 0.3) is 0 Å². The van der Waals surface area contributed by atoms with Crippen molar-refractivity contribution in [3.8, 4) is 0 Å². The number of nitrogens with zero attached hydrogens (tertiary/aromatic N) is 5. The molecule has 2 rings (SSSR count). The molecular weight excluding hydrogens is 424 g/mol. The molecule has 0 spiro atoms. The van der Waals surface area contributed by atoms with Crippen LogP contribution in [0, 0.1) is 20.2 Å². The maximum atomic E-state index is 11.6. The van der Waals surface area contributed by atoms with Crippen LogP contribution in [0.5, 0.6) is 0 Å². The first-order chi connectivity index (χ1) is 15.2. The zero-order chi connectivity index (χ0) is 23.8. The highest BCUT2D eigenvalue weighted by molar-refractivity contribution is 5.93. The predicted molar refractivity (Wildman–Crippen MR) is 115 cm³/mol. The van der Waals surface area contributed by atoms with Gasteiger partial charge in [0.2, 0.25) is 5.91 Å². The summed E-state index contributed by atoms with van der Waals surface area (Å²) in [5, 5.41) is 32.6. The van der Waals surface area contributed by atoms with Gasteiger partial charge in [-0.1, -0.05) is 0 Å². The molecule has 0 aliphatic rings. The number of non-ortho nitro benzene ring substituents is 1. The number of anilines is 2. The van der Waals surface area contributed by atoms with E-state index in [0.29, 0.717) is 12.2 Å². The molecule has 0 aliphatic heterocycles. The second-order valence-electron chi connectivity index (χ2n) is 6.36. The average Bonchev–Trinajstić information content (AvgIpc) is 2.75. The van der Waals surface area contributed by atoms with Gasteiger partial charge in [-0.15, -0.1) is 10.2 Å². The van der Waals surface area contributed by atoms with E-state index in [4.69, 9.17) is 0 Å². The van der Waals surface area contributed by atoms with Gasteiger partial charge in [0.15, 0.2) is 5.69 Å². The Morgan fingerprint density at radius 1 is 1.06 bits per heavy atom. The zero-order valence-electron chi connectivity index (χ0n) is 17.5. The lowest BCUT2D eigenvalue weighted by atomic mass is 10.2. The maximum absolute atomic E-state index is 11.6. The number of carbonyl (C=O) groups is 2. The van der Waals surface area contributed by atoms with Crippen LogP contribution >= 0.6 is 0 Å². The molecule has 13 heteroatoms. The Morgan fingerprint density at radius 3 is 2.28 bits per heavy atom. The first-order valence-electron chi connectivity index (χ1n) is 9.24. The number of rotatable bonds is 9. The van der Waals surface area contributed by atoms with Gasteiger partial charge in [-0.05, 0) is 31.2 Å². The minimum absolute atomic E-state index is 0.0115. The van der Waals surface area contributed by atoms with E-state index < -0.39 is 33.1 Å². The molecule has 2 aromatic rings. The number of esters is 1. The van der Waals surface area contributed by atoms with Crippen molar-refractivity contribution in [2.45, 2.75) is 13.8 Å². The molecule has 2 aromatic carbocycles. The Labute approximate surface area is 182 Å². The number of hydrogen-bond donors (Lipinski definition) is 1. The molecule has 168 valence electrons. The number of nitrogens with one attached hydrogen (secondary N) is 1. The quantitative estimate of drug-likeness (QED) is 0.263. The van der Waals surface area contributed by atoms with Gasteiger partial charge in [-0.25, -0.2) is 0 Å². The lowest BCUT2D eigenvalue weighted by Crippen LogP contribution is -2.30. The van der Waals surface area contributed by atoms with Crippen molar-refractivity contribution in [1.29, 1.82) is 0 Å². The molecule has 0 saturated carbocycles. The highest BCUT2D eigenvalue weighted by atomic mass is 16.6.